The van der Waals surface area contributed by atoms with Crippen LogP contribution in [-0.2, 0) is 7.05 Å². The highest BCUT2D eigenvalue weighted by molar-refractivity contribution is 5.94. The Balaban J connectivity index is 2.14. The topological polar surface area (TPSA) is 86.4 Å². The Morgan fingerprint density at radius 2 is 2.12 bits per heavy atom. The number of nitrogens with one attached hydrogen (secondary N) is 1. The van der Waals surface area contributed by atoms with Crippen molar-refractivity contribution in [2.24, 2.45) is 7.05 Å². The van der Waals surface area contributed by atoms with E-state index in [0.29, 0.717) is 22.8 Å². The van der Waals surface area contributed by atoms with Crippen molar-refractivity contribution in [1.29, 1.82) is 0 Å². The maximum Gasteiger partial charge on any atom is 0.305 e. The molecule has 0 aliphatic rings. The van der Waals surface area contributed by atoms with Gasteiger partial charge in [-0.05, 0) is 13.0 Å². The first-order valence-corrected chi connectivity index (χ1v) is 7.20. The van der Waals surface area contributed by atoms with E-state index < -0.39 is 6.08 Å². The Hall–Kier alpha value is -3.23. The number of H-pyrrole nitrogens is 1. The van der Waals surface area contributed by atoms with Crippen LogP contribution in [0.15, 0.2) is 24.8 Å². The van der Waals surface area contributed by atoms with Crippen LogP contribution in [0.1, 0.15) is 5.56 Å². The maximum absolute atomic E-state index is 13.4. The van der Waals surface area contributed by atoms with Gasteiger partial charge in [0.15, 0.2) is 0 Å². The minimum Gasteiger partial charge on any atom is -0.481 e. The van der Waals surface area contributed by atoms with Crippen molar-refractivity contribution >= 4 is 11.0 Å². The molecule has 4 rings (SSSR count). The van der Waals surface area contributed by atoms with E-state index in [2.05, 4.69) is 25.1 Å². The second-order valence-electron chi connectivity index (χ2n) is 5.36. The highest BCUT2D eigenvalue weighted by Gasteiger charge is 2.23. The Kier molecular flexibility index (Phi) is 3.08. The summed E-state index contributed by atoms with van der Waals surface area (Å²) in [5.41, 5.74) is 3.79. The molecule has 0 saturated heterocycles. The summed E-state index contributed by atoms with van der Waals surface area (Å²) >= 11 is 0. The van der Waals surface area contributed by atoms with Gasteiger partial charge in [0.1, 0.15) is 16.9 Å². The molecule has 0 amide bonds. The lowest BCUT2D eigenvalue weighted by molar-refractivity contribution is 0.396. The van der Waals surface area contributed by atoms with Gasteiger partial charge in [0, 0.05) is 25.0 Å². The van der Waals surface area contributed by atoms with E-state index in [-0.39, 0.29) is 5.82 Å². The highest BCUT2D eigenvalue weighted by Crippen LogP contribution is 2.35. The summed E-state index contributed by atoms with van der Waals surface area (Å²) in [6.07, 6.45) is 4.35. The standard InChI is InChI=1S/C15H14FN7O/c1-8-6-9-10(18-14(8)24-3)11(23-5-4-17-7-23)12(22(9)2)13-19-15(16)21-20-13/h4-7H,1-3H3,(H,19,20,21). The SMILES string of the molecule is COc1nc2c(-n3ccnc3)c(-c3n[nH]c(F)n3)n(C)c2cc1C. The largest absolute Gasteiger partial charge is 0.481 e. The van der Waals surface area contributed by atoms with Gasteiger partial charge in [-0.1, -0.05) is 0 Å². The normalized spacial score (nSPS) is 11.3. The Morgan fingerprint density at radius 3 is 2.75 bits per heavy atom. The summed E-state index contributed by atoms with van der Waals surface area (Å²) in [6, 6.07) is 1.97. The molecule has 8 nitrogen and oxygen atoms in total. The average Bonchev–Trinajstić information content (AvgIpc) is 3.27. The third kappa shape index (κ3) is 1.98. The summed E-state index contributed by atoms with van der Waals surface area (Å²) in [4.78, 5) is 12.5. The van der Waals surface area contributed by atoms with Crippen molar-refractivity contribution < 1.29 is 9.13 Å². The van der Waals surface area contributed by atoms with E-state index in [9.17, 15) is 4.39 Å². The lowest BCUT2D eigenvalue weighted by atomic mass is 10.2. The average molecular weight is 327 g/mol. The molecule has 0 aliphatic heterocycles. The van der Waals surface area contributed by atoms with Crippen molar-refractivity contribution in [3.05, 3.63) is 36.4 Å². The van der Waals surface area contributed by atoms with Crippen LogP contribution in [-0.4, -0.2) is 41.4 Å². The van der Waals surface area contributed by atoms with Gasteiger partial charge in [0.2, 0.25) is 11.7 Å². The molecular weight excluding hydrogens is 313 g/mol. The van der Waals surface area contributed by atoms with E-state index in [1.807, 2.05) is 24.6 Å². The predicted octanol–water partition coefficient (Wildman–Crippen LogP) is 2.00. The van der Waals surface area contributed by atoms with Crippen molar-refractivity contribution in [1.82, 2.24) is 34.3 Å². The number of aryl methyl sites for hydroxylation is 2. The van der Waals surface area contributed by atoms with Gasteiger partial charge < -0.3 is 13.9 Å². The smallest absolute Gasteiger partial charge is 0.305 e. The van der Waals surface area contributed by atoms with Crippen LogP contribution in [0, 0.1) is 13.0 Å². The zero-order valence-corrected chi connectivity index (χ0v) is 13.3. The second kappa shape index (κ2) is 5.15. The minimum atomic E-state index is -0.742. The monoisotopic (exact) mass is 327 g/mol. The molecule has 0 bridgehead atoms. The summed E-state index contributed by atoms with van der Waals surface area (Å²) in [5, 5.41) is 6.19. The number of hydrogen-bond donors (Lipinski definition) is 1. The van der Waals surface area contributed by atoms with Crippen molar-refractivity contribution in [2.45, 2.75) is 6.92 Å². The first-order valence-electron chi connectivity index (χ1n) is 7.20. The van der Waals surface area contributed by atoms with E-state index in [4.69, 9.17) is 4.74 Å². The molecule has 122 valence electrons. The number of methoxy groups -OCH3 is 1. The Morgan fingerprint density at radius 1 is 1.29 bits per heavy atom. The number of halogens is 1. The van der Waals surface area contributed by atoms with Gasteiger partial charge in [-0.15, -0.1) is 5.10 Å². The molecule has 0 spiro atoms. The van der Waals surface area contributed by atoms with Crippen LogP contribution >= 0.6 is 0 Å². The number of aromatic amines is 1. The lowest BCUT2D eigenvalue weighted by Crippen LogP contribution is -1.98. The summed E-state index contributed by atoms with van der Waals surface area (Å²) in [5.74, 6) is 0.774. The van der Waals surface area contributed by atoms with Gasteiger partial charge in [0.05, 0.1) is 19.0 Å². The van der Waals surface area contributed by atoms with Crippen LogP contribution in [0.2, 0.25) is 0 Å². The molecule has 0 aromatic carbocycles. The number of ether oxygens (including phenoxy) is 1. The Bertz CT molecular complexity index is 1030. The van der Waals surface area contributed by atoms with E-state index in [1.165, 1.54) is 0 Å². The maximum atomic E-state index is 13.4. The zero-order chi connectivity index (χ0) is 16.8. The van der Waals surface area contributed by atoms with E-state index >= 15 is 0 Å². The molecule has 0 aliphatic carbocycles. The van der Waals surface area contributed by atoms with Gasteiger partial charge in [-0.2, -0.15) is 9.37 Å². The number of hydrogen-bond acceptors (Lipinski definition) is 5. The number of pyridine rings is 1. The van der Waals surface area contributed by atoms with Gasteiger partial charge >= 0.3 is 6.08 Å². The highest BCUT2D eigenvalue weighted by atomic mass is 19.1. The number of aromatic nitrogens is 7. The third-order valence-electron chi connectivity index (χ3n) is 3.92. The van der Waals surface area contributed by atoms with Gasteiger partial charge in [-0.25, -0.2) is 15.1 Å². The van der Waals surface area contributed by atoms with Crippen molar-refractivity contribution in [2.75, 3.05) is 7.11 Å². The number of rotatable bonds is 3. The summed E-state index contributed by atoms with van der Waals surface area (Å²) in [6.45, 7) is 1.92. The van der Waals surface area contributed by atoms with Gasteiger partial charge in [-0.3, -0.25) is 0 Å². The van der Waals surface area contributed by atoms with Crippen LogP contribution in [0.4, 0.5) is 4.39 Å². The Labute approximate surface area is 135 Å². The third-order valence-corrected chi connectivity index (χ3v) is 3.92. The quantitative estimate of drug-likeness (QED) is 0.622. The van der Waals surface area contributed by atoms with Crippen LogP contribution < -0.4 is 4.74 Å². The van der Waals surface area contributed by atoms with E-state index in [0.717, 1.165) is 11.1 Å². The van der Waals surface area contributed by atoms with Crippen LogP contribution in [0.5, 0.6) is 5.88 Å². The fourth-order valence-corrected chi connectivity index (χ4v) is 2.85. The minimum absolute atomic E-state index is 0.244. The summed E-state index contributed by atoms with van der Waals surface area (Å²) in [7, 11) is 3.44. The zero-order valence-electron chi connectivity index (χ0n) is 13.3. The van der Waals surface area contributed by atoms with Gasteiger partial charge in [0.25, 0.3) is 0 Å². The van der Waals surface area contributed by atoms with Crippen LogP contribution in [0.3, 0.4) is 0 Å². The van der Waals surface area contributed by atoms with E-state index in [1.54, 1.807) is 30.4 Å². The lowest BCUT2D eigenvalue weighted by Gasteiger charge is -2.05. The fourth-order valence-electron chi connectivity index (χ4n) is 2.85. The molecule has 4 aromatic rings. The molecular formula is C15H14FN7O. The molecule has 0 fully saturated rings. The fraction of sp³-hybridized carbons (Fsp3) is 0.200. The molecule has 4 heterocycles. The van der Waals surface area contributed by atoms with Crippen molar-refractivity contribution in [3.8, 4) is 23.1 Å². The molecule has 0 saturated carbocycles. The number of fused-ring (bicyclic) bond motifs is 1. The molecule has 4 aromatic heterocycles. The predicted molar refractivity (Wildman–Crippen MR) is 84.5 cm³/mol. The second-order valence-corrected chi connectivity index (χ2v) is 5.36. The molecule has 0 radical (unpaired) electrons. The number of nitrogens with zero attached hydrogens (tertiary/aromatic N) is 6. The van der Waals surface area contributed by atoms with Crippen LogP contribution in [0.25, 0.3) is 28.2 Å². The molecule has 24 heavy (non-hydrogen) atoms. The molecule has 9 heteroatoms. The number of imidazole rings is 1. The first-order chi connectivity index (χ1) is 11.6. The first kappa shape index (κ1) is 14.4. The summed E-state index contributed by atoms with van der Waals surface area (Å²) < 4.78 is 22.4. The molecule has 0 unspecified atom stereocenters. The molecule has 1 N–H and O–H groups in total. The van der Waals surface area contributed by atoms with Crippen molar-refractivity contribution in [3.63, 3.8) is 0 Å². The molecule has 0 atom stereocenters.